The number of rotatable bonds is 3. The van der Waals surface area contributed by atoms with Gasteiger partial charge in [-0.15, -0.1) is 0 Å². The fourth-order valence-corrected chi connectivity index (χ4v) is 3.82. The van der Waals surface area contributed by atoms with Crippen LogP contribution in [0.3, 0.4) is 0 Å². The topological polar surface area (TPSA) is 63.1 Å². The molecule has 6 nitrogen and oxygen atoms in total. The lowest BCUT2D eigenvalue weighted by Crippen LogP contribution is -2.46. The van der Waals surface area contributed by atoms with Gasteiger partial charge >= 0.3 is 6.03 Å². The van der Waals surface area contributed by atoms with E-state index < -0.39 is 0 Å². The molecular weight excluding hydrogens is 310 g/mol. The maximum atomic E-state index is 12.6. The van der Waals surface area contributed by atoms with Gasteiger partial charge in [0, 0.05) is 55.8 Å². The highest BCUT2D eigenvalue weighted by Crippen LogP contribution is 2.29. The Bertz CT molecular complexity index is 687. The Hall–Kier alpha value is -2.02. The molecule has 1 saturated heterocycles. The molecule has 0 bridgehead atoms. The lowest BCUT2D eigenvalue weighted by atomic mass is 10.1. The highest BCUT2D eigenvalue weighted by molar-refractivity contribution is 7.99. The van der Waals surface area contributed by atoms with Gasteiger partial charge in [-0.05, 0) is 18.1 Å². The van der Waals surface area contributed by atoms with Crippen molar-refractivity contribution in [1.29, 1.82) is 0 Å². The zero-order valence-electron chi connectivity index (χ0n) is 13.4. The third-order valence-corrected chi connectivity index (χ3v) is 4.90. The quantitative estimate of drug-likeness (QED) is 0.936. The average Bonchev–Trinajstić information content (AvgIpc) is 2.99. The number of carbonyl (C=O) groups is 1. The number of aromatic nitrogens is 3. The van der Waals surface area contributed by atoms with Crippen molar-refractivity contribution in [3.05, 3.63) is 47.5 Å². The number of aryl methyl sites for hydroxylation is 2. The Morgan fingerprint density at radius 1 is 1.43 bits per heavy atom. The van der Waals surface area contributed by atoms with E-state index in [1.54, 1.807) is 10.9 Å². The number of pyridine rings is 1. The Morgan fingerprint density at radius 3 is 3.04 bits per heavy atom. The van der Waals surface area contributed by atoms with Crippen molar-refractivity contribution in [2.75, 3.05) is 18.1 Å². The highest BCUT2D eigenvalue weighted by Gasteiger charge is 2.29. The largest absolute Gasteiger partial charge is 0.334 e. The summed E-state index contributed by atoms with van der Waals surface area (Å²) in [4.78, 5) is 18.7. The molecule has 0 unspecified atom stereocenters. The molecule has 2 aromatic rings. The molecule has 23 heavy (non-hydrogen) atoms. The number of amides is 2. The standard InChI is InChI=1S/C16H21N5OS/c1-12-5-13(7-17-6-12)8-18-16(22)21-3-4-23-11-15(21)14-9-19-20(2)10-14/h5-7,9-10,15H,3-4,8,11H2,1-2H3,(H,18,22)/t15-/m0/s1. The molecule has 122 valence electrons. The van der Waals surface area contributed by atoms with Gasteiger partial charge in [0.2, 0.25) is 0 Å². The van der Waals surface area contributed by atoms with Crippen LogP contribution in [0.5, 0.6) is 0 Å². The Kier molecular flexibility index (Phi) is 4.85. The van der Waals surface area contributed by atoms with E-state index in [-0.39, 0.29) is 12.1 Å². The molecule has 2 amide bonds. The monoisotopic (exact) mass is 331 g/mol. The molecule has 1 aliphatic heterocycles. The van der Waals surface area contributed by atoms with Gasteiger partial charge in [-0.2, -0.15) is 16.9 Å². The van der Waals surface area contributed by atoms with Crippen molar-refractivity contribution in [1.82, 2.24) is 25.0 Å². The van der Waals surface area contributed by atoms with E-state index in [0.29, 0.717) is 6.54 Å². The van der Waals surface area contributed by atoms with Crippen LogP contribution in [-0.4, -0.2) is 43.7 Å². The van der Waals surface area contributed by atoms with Crippen molar-refractivity contribution in [2.45, 2.75) is 19.5 Å². The summed E-state index contributed by atoms with van der Waals surface area (Å²) in [5.41, 5.74) is 3.20. The number of nitrogens with zero attached hydrogens (tertiary/aromatic N) is 4. The molecule has 3 heterocycles. The first kappa shape index (κ1) is 15.9. The first-order valence-electron chi connectivity index (χ1n) is 7.65. The minimum atomic E-state index is -0.0272. The summed E-state index contributed by atoms with van der Waals surface area (Å²) in [6, 6.07) is 2.09. The van der Waals surface area contributed by atoms with Gasteiger partial charge in [-0.3, -0.25) is 9.67 Å². The third-order valence-electron chi connectivity index (χ3n) is 3.87. The molecule has 1 aliphatic rings. The summed E-state index contributed by atoms with van der Waals surface area (Å²) in [5.74, 6) is 1.88. The van der Waals surface area contributed by atoms with Gasteiger partial charge in [0.25, 0.3) is 0 Å². The van der Waals surface area contributed by atoms with Gasteiger partial charge in [0.05, 0.1) is 12.2 Å². The molecule has 1 fully saturated rings. The molecular formula is C16H21N5OS. The van der Waals surface area contributed by atoms with Crippen LogP contribution in [0.2, 0.25) is 0 Å². The number of thioether (sulfide) groups is 1. The molecule has 0 spiro atoms. The zero-order valence-corrected chi connectivity index (χ0v) is 14.2. The van der Waals surface area contributed by atoms with E-state index in [0.717, 1.165) is 34.7 Å². The van der Waals surface area contributed by atoms with Crippen LogP contribution in [0.15, 0.2) is 30.9 Å². The molecule has 2 aromatic heterocycles. The molecule has 3 rings (SSSR count). The predicted octanol–water partition coefficient (Wildman–Crippen LogP) is 2.12. The molecule has 0 saturated carbocycles. The number of hydrogen-bond donors (Lipinski definition) is 1. The smallest absolute Gasteiger partial charge is 0.318 e. The predicted molar refractivity (Wildman–Crippen MR) is 91.2 cm³/mol. The van der Waals surface area contributed by atoms with E-state index in [1.165, 1.54) is 0 Å². The second-order valence-corrected chi connectivity index (χ2v) is 6.91. The maximum Gasteiger partial charge on any atom is 0.318 e. The number of nitrogens with one attached hydrogen (secondary N) is 1. The first-order valence-corrected chi connectivity index (χ1v) is 8.80. The fraction of sp³-hybridized carbons (Fsp3) is 0.438. The van der Waals surface area contributed by atoms with Crippen LogP contribution in [0.1, 0.15) is 22.7 Å². The van der Waals surface area contributed by atoms with Gasteiger partial charge in [0.1, 0.15) is 0 Å². The maximum absolute atomic E-state index is 12.6. The molecule has 7 heteroatoms. The summed E-state index contributed by atoms with van der Waals surface area (Å²) >= 11 is 1.88. The first-order chi connectivity index (χ1) is 11.1. The summed E-state index contributed by atoms with van der Waals surface area (Å²) in [5, 5.41) is 7.24. The van der Waals surface area contributed by atoms with Gasteiger partial charge in [-0.1, -0.05) is 6.07 Å². The minimum absolute atomic E-state index is 0.0272. The normalized spacial score (nSPS) is 18.0. The number of urea groups is 1. The second-order valence-electron chi connectivity index (χ2n) is 5.76. The molecule has 1 N–H and O–H groups in total. The number of carbonyl (C=O) groups excluding carboxylic acids is 1. The average molecular weight is 331 g/mol. The van der Waals surface area contributed by atoms with Crippen LogP contribution in [-0.2, 0) is 13.6 Å². The van der Waals surface area contributed by atoms with Gasteiger partial charge in [-0.25, -0.2) is 4.79 Å². The Balaban J connectivity index is 1.66. The van der Waals surface area contributed by atoms with Gasteiger partial charge in [0.15, 0.2) is 0 Å². The Labute approximate surface area is 140 Å². The summed E-state index contributed by atoms with van der Waals surface area (Å²) in [6.07, 6.45) is 7.44. The van der Waals surface area contributed by atoms with Crippen LogP contribution in [0.4, 0.5) is 4.79 Å². The third kappa shape index (κ3) is 3.85. The van der Waals surface area contributed by atoms with Crippen LogP contribution < -0.4 is 5.32 Å². The van der Waals surface area contributed by atoms with Crippen molar-refractivity contribution < 1.29 is 4.79 Å². The summed E-state index contributed by atoms with van der Waals surface area (Å²) < 4.78 is 1.78. The summed E-state index contributed by atoms with van der Waals surface area (Å²) in [6.45, 7) is 3.25. The van der Waals surface area contributed by atoms with Crippen molar-refractivity contribution in [3.8, 4) is 0 Å². The van der Waals surface area contributed by atoms with E-state index in [1.807, 2.05) is 55.3 Å². The molecule has 0 radical (unpaired) electrons. The molecule has 0 aromatic carbocycles. The van der Waals surface area contributed by atoms with E-state index in [4.69, 9.17) is 0 Å². The lowest BCUT2D eigenvalue weighted by Gasteiger charge is -2.34. The Morgan fingerprint density at radius 2 is 2.30 bits per heavy atom. The van der Waals surface area contributed by atoms with Crippen molar-refractivity contribution in [2.24, 2.45) is 7.05 Å². The van der Waals surface area contributed by atoms with Crippen LogP contribution in [0, 0.1) is 6.92 Å². The van der Waals surface area contributed by atoms with Gasteiger partial charge < -0.3 is 10.2 Å². The number of hydrogen-bond acceptors (Lipinski definition) is 4. The summed E-state index contributed by atoms with van der Waals surface area (Å²) in [7, 11) is 1.90. The second kappa shape index (κ2) is 7.04. The fourth-order valence-electron chi connectivity index (χ4n) is 2.73. The highest BCUT2D eigenvalue weighted by atomic mass is 32.2. The van der Waals surface area contributed by atoms with Crippen LogP contribution >= 0.6 is 11.8 Å². The minimum Gasteiger partial charge on any atom is -0.334 e. The van der Waals surface area contributed by atoms with E-state index in [9.17, 15) is 4.79 Å². The van der Waals surface area contributed by atoms with Crippen molar-refractivity contribution >= 4 is 17.8 Å². The molecule has 1 atom stereocenters. The van der Waals surface area contributed by atoms with E-state index >= 15 is 0 Å². The lowest BCUT2D eigenvalue weighted by molar-refractivity contribution is 0.182. The van der Waals surface area contributed by atoms with Crippen LogP contribution in [0.25, 0.3) is 0 Å². The SMILES string of the molecule is Cc1cncc(CNC(=O)N2CCSC[C@H]2c2cnn(C)c2)c1. The van der Waals surface area contributed by atoms with Crippen molar-refractivity contribution in [3.63, 3.8) is 0 Å². The zero-order chi connectivity index (χ0) is 16.2. The van der Waals surface area contributed by atoms with E-state index in [2.05, 4.69) is 15.4 Å². The molecule has 0 aliphatic carbocycles.